The lowest BCUT2D eigenvalue weighted by molar-refractivity contribution is -0.284. The van der Waals surface area contributed by atoms with Crippen LogP contribution in [0.3, 0.4) is 0 Å². The van der Waals surface area contributed by atoms with Crippen molar-refractivity contribution in [2.24, 2.45) is 0 Å². The molecule has 0 atom stereocenters. The van der Waals surface area contributed by atoms with Crippen molar-refractivity contribution in [1.29, 1.82) is 0 Å². The molecule has 0 spiro atoms. The lowest BCUT2D eigenvalue weighted by Crippen LogP contribution is -2.36. The Labute approximate surface area is 102 Å². The summed E-state index contributed by atoms with van der Waals surface area (Å²) in [5.41, 5.74) is 0. The predicted molar refractivity (Wildman–Crippen MR) is 58.4 cm³/mol. The molecule has 1 nitrogen and oxygen atoms in total. The van der Waals surface area contributed by atoms with E-state index in [9.17, 15) is 22.0 Å². The summed E-state index contributed by atoms with van der Waals surface area (Å²) in [6, 6.07) is 0. The number of thioether (sulfide) groups is 1. The summed E-state index contributed by atoms with van der Waals surface area (Å²) in [5.74, 6) is -3.46. The van der Waals surface area contributed by atoms with Crippen molar-refractivity contribution in [2.45, 2.75) is 37.8 Å². The first-order chi connectivity index (χ1) is 7.83. The highest BCUT2D eigenvalue weighted by atomic mass is 32.2. The van der Waals surface area contributed by atoms with Gasteiger partial charge in [0.2, 0.25) is 0 Å². The molecule has 102 valence electrons. The van der Waals surface area contributed by atoms with Crippen LogP contribution < -0.4 is 0 Å². The van der Waals surface area contributed by atoms with E-state index in [1.54, 1.807) is 0 Å². The van der Waals surface area contributed by atoms with Gasteiger partial charge in [0.1, 0.15) is 0 Å². The van der Waals surface area contributed by atoms with E-state index in [-0.39, 0.29) is 6.42 Å². The maximum atomic E-state index is 12.5. The topological polar surface area (TPSA) is 3.24 Å². The van der Waals surface area contributed by atoms with Crippen molar-refractivity contribution in [3.8, 4) is 0 Å². The molecule has 0 aromatic carbocycles. The SMILES string of the molecule is FC(F)(F)C(F)(F)CCCSCN1CCCC1. The number of nitrogens with zero attached hydrogens (tertiary/aromatic N) is 1. The van der Waals surface area contributed by atoms with Crippen molar-refractivity contribution < 1.29 is 22.0 Å². The Morgan fingerprint density at radius 3 is 2.12 bits per heavy atom. The molecule has 17 heavy (non-hydrogen) atoms. The van der Waals surface area contributed by atoms with Crippen LogP contribution in [0.15, 0.2) is 0 Å². The zero-order chi connectivity index (χ0) is 12.9. The summed E-state index contributed by atoms with van der Waals surface area (Å²) >= 11 is 1.43. The normalized spacial score (nSPS) is 18.9. The minimum absolute atomic E-state index is 0.106. The molecule has 1 heterocycles. The average molecular weight is 277 g/mol. The highest BCUT2D eigenvalue weighted by molar-refractivity contribution is 7.99. The molecular weight excluding hydrogens is 261 g/mol. The highest BCUT2D eigenvalue weighted by Gasteiger charge is 2.56. The third kappa shape index (κ3) is 4.99. The van der Waals surface area contributed by atoms with Crippen molar-refractivity contribution >= 4 is 11.8 Å². The van der Waals surface area contributed by atoms with Gasteiger partial charge in [-0.2, -0.15) is 22.0 Å². The van der Waals surface area contributed by atoms with Crippen LogP contribution in [0.2, 0.25) is 0 Å². The van der Waals surface area contributed by atoms with Gasteiger partial charge in [0.25, 0.3) is 0 Å². The van der Waals surface area contributed by atoms with Gasteiger partial charge in [-0.3, -0.25) is 4.90 Å². The molecule has 0 bridgehead atoms. The minimum Gasteiger partial charge on any atom is -0.294 e. The molecule has 1 fully saturated rings. The third-order valence-electron chi connectivity index (χ3n) is 2.67. The van der Waals surface area contributed by atoms with E-state index in [0.29, 0.717) is 5.75 Å². The number of rotatable bonds is 6. The number of hydrogen-bond donors (Lipinski definition) is 0. The molecule has 0 amide bonds. The van der Waals surface area contributed by atoms with Crippen LogP contribution in [0.1, 0.15) is 25.7 Å². The third-order valence-corrected chi connectivity index (χ3v) is 3.79. The van der Waals surface area contributed by atoms with Crippen molar-refractivity contribution in [3.63, 3.8) is 0 Å². The maximum absolute atomic E-state index is 12.5. The fourth-order valence-electron chi connectivity index (χ4n) is 1.64. The molecule has 1 rings (SSSR count). The fourth-order valence-corrected chi connectivity index (χ4v) is 2.64. The maximum Gasteiger partial charge on any atom is 0.453 e. The minimum atomic E-state index is -5.41. The summed E-state index contributed by atoms with van der Waals surface area (Å²) in [4.78, 5) is 2.19. The average Bonchev–Trinajstić information content (AvgIpc) is 2.68. The van der Waals surface area contributed by atoms with Gasteiger partial charge in [-0.1, -0.05) is 0 Å². The van der Waals surface area contributed by atoms with E-state index in [1.807, 2.05) is 0 Å². The lowest BCUT2D eigenvalue weighted by atomic mass is 10.2. The van der Waals surface area contributed by atoms with E-state index >= 15 is 0 Å². The molecule has 0 saturated carbocycles. The number of hydrogen-bond acceptors (Lipinski definition) is 2. The summed E-state index contributed by atoms with van der Waals surface area (Å²) in [6.07, 6.45) is -4.33. The first kappa shape index (κ1) is 15.0. The van der Waals surface area contributed by atoms with Gasteiger partial charge < -0.3 is 0 Å². The van der Waals surface area contributed by atoms with Crippen molar-refractivity contribution in [2.75, 3.05) is 24.7 Å². The summed E-state index contributed by atoms with van der Waals surface area (Å²) in [6.45, 7) is 2.01. The Bertz CT molecular complexity index is 225. The van der Waals surface area contributed by atoms with Gasteiger partial charge in [-0.05, 0) is 38.1 Å². The summed E-state index contributed by atoms with van der Waals surface area (Å²) < 4.78 is 60.5. The first-order valence-corrected chi connectivity index (χ1v) is 6.73. The van der Waals surface area contributed by atoms with E-state index in [2.05, 4.69) is 4.90 Å². The van der Waals surface area contributed by atoms with Gasteiger partial charge >= 0.3 is 12.1 Å². The molecule has 0 radical (unpaired) electrons. The van der Waals surface area contributed by atoms with Crippen molar-refractivity contribution in [1.82, 2.24) is 4.90 Å². The Hall–Kier alpha value is -0.0400. The molecule has 1 aliphatic rings. The standard InChI is InChI=1S/C10H16F5NS/c11-9(12,10(13,14)15)4-3-7-17-8-16-5-1-2-6-16/h1-8H2. The zero-order valence-corrected chi connectivity index (χ0v) is 10.2. The molecule has 1 saturated heterocycles. The summed E-state index contributed by atoms with van der Waals surface area (Å²) in [7, 11) is 0. The van der Waals surface area contributed by atoms with Gasteiger partial charge in [-0.15, -0.1) is 11.8 Å². The van der Waals surface area contributed by atoms with E-state index in [4.69, 9.17) is 0 Å². The van der Waals surface area contributed by atoms with Gasteiger partial charge in [0, 0.05) is 12.3 Å². The quantitative estimate of drug-likeness (QED) is 0.537. The van der Waals surface area contributed by atoms with E-state index in [0.717, 1.165) is 31.8 Å². The smallest absolute Gasteiger partial charge is 0.294 e. The van der Waals surface area contributed by atoms with E-state index < -0.39 is 18.5 Å². The Balaban J connectivity index is 2.07. The number of alkyl halides is 5. The molecule has 0 N–H and O–H groups in total. The molecule has 0 unspecified atom stereocenters. The van der Waals surface area contributed by atoms with Crippen LogP contribution in [0, 0.1) is 0 Å². The Morgan fingerprint density at radius 1 is 1.00 bits per heavy atom. The van der Waals surface area contributed by atoms with Crippen LogP contribution in [-0.2, 0) is 0 Å². The van der Waals surface area contributed by atoms with Crippen LogP contribution in [0.4, 0.5) is 22.0 Å². The van der Waals surface area contributed by atoms with Crippen molar-refractivity contribution in [3.05, 3.63) is 0 Å². The lowest BCUT2D eigenvalue weighted by Gasteiger charge is -2.19. The highest BCUT2D eigenvalue weighted by Crippen LogP contribution is 2.39. The number of likely N-dealkylation sites (tertiary alicyclic amines) is 1. The Kier molecular flexibility index (Phi) is 5.50. The molecular formula is C10H16F5NS. The monoisotopic (exact) mass is 277 g/mol. The Morgan fingerprint density at radius 2 is 1.59 bits per heavy atom. The van der Waals surface area contributed by atoms with Gasteiger partial charge in [0.15, 0.2) is 0 Å². The van der Waals surface area contributed by atoms with Gasteiger partial charge in [-0.25, -0.2) is 0 Å². The van der Waals surface area contributed by atoms with Crippen LogP contribution in [0.25, 0.3) is 0 Å². The predicted octanol–water partition coefficient (Wildman–Crippen LogP) is 3.75. The summed E-state index contributed by atoms with van der Waals surface area (Å²) in [5, 5.41) is 0. The second kappa shape index (κ2) is 6.22. The van der Waals surface area contributed by atoms with Crippen LogP contribution in [0.5, 0.6) is 0 Å². The molecule has 0 aliphatic carbocycles. The first-order valence-electron chi connectivity index (χ1n) is 5.57. The second-order valence-corrected chi connectivity index (χ2v) is 5.24. The van der Waals surface area contributed by atoms with Crippen LogP contribution in [-0.4, -0.2) is 41.7 Å². The zero-order valence-electron chi connectivity index (χ0n) is 9.40. The molecule has 1 aliphatic heterocycles. The fraction of sp³-hybridized carbons (Fsp3) is 1.00. The molecule has 7 heteroatoms. The largest absolute Gasteiger partial charge is 0.453 e. The number of halogens is 5. The van der Waals surface area contributed by atoms with E-state index in [1.165, 1.54) is 11.8 Å². The van der Waals surface area contributed by atoms with Gasteiger partial charge in [0.05, 0.1) is 0 Å². The second-order valence-electron chi connectivity index (χ2n) is 4.17. The molecule has 0 aromatic rings. The van der Waals surface area contributed by atoms with Crippen LogP contribution >= 0.6 is 11.8 Å². The molecule has 0 aromatic heterocycles.